The molecule has 75 heavy (non-hydrogen) atoms. The van der Waals surface area contributed by atoms with Crippen LogP contribution in [0.5, 0.6) is 0 Å². The Hall–Kier alpha value is -8.84. The van der Waals surface area contributed by atoms with Gasteiger partial charge in [-0.15, -0.1) is 0 Å². The van der Waals surface area contributed by atoms with Crippen LogP contribution in [0, 0.1) is 0 Å². The van der Waals surface area contributed by atoms with Crippen LogP contribution in [0.1, 0.15) is 11.1 Å². The number of carbonyl (C=O) groups excluding carboxylic acids is 1. The van der Waals surface area contributed by atoms with Gasteiger partial charge in [-0.25, -0.2) is 0 Å². The number of benzene rings is 4. The van der Waals surface area contributed by atoms with Crippen molar-refractivity contribution in [3.05, 3.63) is 96.1 Å². The van der Waals surface area contributed by atoms with E-state index in [1.54, 1.807) is 0 Å². The summed E-state index contributed by atoms with van der Waals surface area (Å²) < 4.78 is 136. The van der Waals surface area contributed by atoms with Gasteiger partial charge in [0.05, 0.1) is 16.3 Å². The summed E-state index contributed by atoms with van der Waals surface area (Å²) >= 11 is 0. The predicted octanol–water partition coefficient (Wildman–Crippen LogP) is 2.25. The predicted molar refractivity (Wildman–Crippen MR) is 260 cm³/mol. The fraction of sp³-hybridized carbons (Fsp3) is 0.100. The number of carboxylic acids is 3. The van der Waals surface area contributed by atoms with Gasteiger partial charge in [0.2, 0.25) is 35.7 Å². The molecule has 0 atom stereocenters. The summed E-state index contributed by atoms with van der Waals surface area (Å²) in [5.41, 5.74) is -0.616. The maximum Gasteiger partial charge on any atom is 0.323 e. The molecule has 35 heteroatoms. The van der Waals surface area contributed by atoms with Crippen molar-refractivity contribution in [2.75, 3.05) is 57.2 Å². The van der Waals surface area contributed by atoms with Crippen molar-refractivity contribution in [3.8, 4) is 0 Å². The molecule has 6 aromatic rings. The highest BCUT2D eigenvalue weighted by Gasteiger charge is 2.23. The Labute approximate surface area is 422 Å². The number of carbonyl (C=O) groups is 4. The van der Waals surface area contributed by atoms with E-state index in [4.69, 9.17) is 0 Å². The fourth-order valence-corrected chi connectivity index (χ4v) is 8.67. The number of nitrogens with one attached hydrogen (secondary N) is 4. The number of aromatic nitrogens is 6. The zero-order valence-electron chi connectivity index (χ0n) is 37.4. The van der Waals surface area contributed by atoms with Gasteiger partial charge in [-0.3, -0.25) is 32.6 Å². The topological polar surface area (TPSA) is 478 Å². The van der Waals surface area contributed by atoms with Crippen LogP contribution in [0.3, 0.4) is 0 Å². The van der Waals surface area contributed by atoms with E-state index in [-0.39, 0.29) is 39.8 Å². The molecule has 2 aromatic heterocycles. The maximum atomic E-state index is 12.8. The minimum Gasteiger partial charge on any atom is -0.480 e. The number of aldehydes is 1. The van der Waals surface area contributed by atoms with Crippen molar-refractivity contribution in [3.63, 3.8) is 0 Å². The van der Waals surface area contributed by atoms with Crippen LogP contribution < -0.4 is 31.1 Å². The molecule has 0 aliphatic heterocycles. The molecular formula is C40H36N12O19S4. The van der Waals surface area contributed by atoms with Gasteiger partial charge in [0, 0.05) is 22.7 Å². The highest BCUT2D eigenvalue weighted by Crippen LogP contribution is 2.30. The van der Waals surface area contributed by atoms with Gasteiger partial charge in [0.15, 0.2) is 0 Å². The molecule has 2 heterocycles. The third-order valence-electron chi connectivity index (χ3n) is 9.44. The van der Waals surface area contributed by atoms with Crippen LogP contribution >= 0.6 is 0 Å². The van der Waals surface area contributed by atoms with E-state index >= 15 is 0 Å². The monoisotopic (exact) mass is 1120 g/mol. The Bertz CT molecular complexity index is 3690. The van der Waals surface area contributed by atoms with Crippen LogP contribution in [0.4, 0.5) is 58.4 Å². The minimum atomic E-state index is -5.14. The number of hydrogen-bond donors (Lipinski definition) is 11. The number of nitrogens with zero attached hydrogens (tertiary/aromatic N) is 8. The summed E-state index contributed by atoms with van der Waals surface area (Å²) in [6.45, 7) is -3.20. The highest BCUT2D eigenvalue weighted by atomic mass is 32.2. The largest absolute Gasteiger partial charge is 0.480 e. The first-order valence-corrected chi connectivity index (χ1v) is 26.1. The summed E-state index contributed by atoms with van der Waals surface area (Å²) in [6.07, 6.45) is 2.44. The lowest BCUT2D eigenvalue weighted by Crippen LogP contribution is -2.36. The molecule has 0 radical (unpaired) electrons. The minimum absolute atomic E-state index is 0.103. The third kappa shape index (κ3) is 15.6. The van der Waals surface area contributed by atoms with Gasteiger partial charge in [-0.1, -0.05) is 24.3 Å². The van der Waals surface area contributed by atoms with Crippen molar-refractivity contribution < 1.29 is 86.4 Å². The van der Waals surface area contributed by atoms with Crippen LogP contribution in [-0.2, 0) is 59.7 Å². The second-order valence-corrected chi connectivity index (χ2v) is 20.6. The molecule has 0 bridgehead atoms. The van der Waals surface area contributed by atoms with Gasteiger partial charge in [0.1, 0.15) is 35.7 Å². The van der Waals surface area contributed by atoms with E-state index in [1.165, 1.54) is 36.4 Å². The lowest BCUT2D eigenvalue weighted by atomic mass is 10.1. The van der Waals surface area contributed by atoms with Crippen molar-refractivity contribution in [1.29, 1.82) is 0 Å². The molecule has 0 fully saturated rings. The SMILES string of the molecule is O=CCN(CC(=O)O)c1nc(Nc2ccc(S(=O)(=O)O)cc2)nc(Nc2ccc(C=Cc3ccc(Nc4nc(Nc5ccc(S(=O)(=O)O)cc5)nc(N(CC(=O)O)CC(=O)O)n4)cc3S(=O)(=O)O)c(S(=O)(=O)O)c2)n1. The number of hydrogen-bond acceptors (Lipinski definition) is 24. The third-order valence-corrected chi connectivity index (χ3v) is 13.0. The van der Waals surface area contributed by atoms with Gasteiger partial charge in [-0.2, -0.15) is 63.6 Å². The summed E-state index contributed by atoms with van der Waals surface area (Å²) in [5.74, 6) is -6.91. The summed E-state index contributed by atoms with van der Waals surface area (Å²) in [6, 6.07) is 15.4. The molecule has 6 rings (SSSR count). The van der Waals surface area contributed by atoms with Crippen LogP contribution in [0.25, 0.3) is 12.2 Å². The lowest BCUT2D eigenvalue weighted by Gasteiger charge is -2.20. The molecule has 0 saturated heterocycles. The average Bonchev–Trinajstić information content (AvgIpc) is 3.29. The van der Waals surface area contributed by atoms with Crippen LogP contribution in [0.2, 0.25) is 0 Å². The molecule has 31 nitrogen and oxygen atoms in total. The summed E-state index contributed by atoms with van der Waals surface area (Å²) in [4.78, 5) is 70.2. The van der Waals surface area contributed by atoms with Crippen molar-refractivity contribution >= 4 is 135 Å². The van der Waals surface area contributed by atoms with Gasteiger partial charge >= 0.3 is 17.9 Å². The first-order chi connectivity index (χ1) is 35.0. The van der Waals surface area contributed by atoms with Crippen LogP contribution in [0.15, 0.2) is 105 Å². The smallest absolute Gasteiger partial charge is 0.323 e. The molecule has 0 aliphatic rings. The quantitative estimate of drug-likeness (QED) is 0.0235. The number of aliphatic carboxylic acids is 3. The molecule has 0 aliphatic carbocycles. The van der Waals surface area contributed by atoms with Gasteiger partial charge < -0.3 is 51.2 Å². The number of carboxylic acid groups (broad SMARTS) is 3. The lowest BCUT2D eigenvalue weighted by molar-refractivity contribution is -0.137. The Kier molecular flexibility index (Phi) is 16.6. The Morgan fingerprint density at radius 1 is 0.440 bits per heavy atom. The van der Waals surface area contributed by atoms with E-state index in [1.807, 2.05) is 0 Å². The number of rotatable bonds is 24. The fourth-order valence-electron chi connectivity index (χ4n) is 6.29. The maximum absolute atomic E-state index is 12.8. The highest BCUT2D eigenvalue weighted by molar-refractivity contribution is 7.86. The van der Waals surface area contributed by atoms with Gasteiger partial charge in [0.25, 0.3) is 40.5 Å². The molecular weight excluding hydrogens is 1080 g/mol. The molecule has 0 spiro atoms. The summed E-state index contributed by atoms with van der Waals surface area (Å²) in [7, 11) is -19.4. The second-order valence-electron chi connectivity index (χ2n) is 14.9. The van der Waals surface area contributed by atoms with Crippen molar-refractivity contribution in [2.24, 2.45) is 0 Å². The Balaban J connectivity index is 1.33. The number of anilines is 10. The molecule has 4 aromatic carbocycles. The van der Waals surface area contributed by atoms with E-state index in [0.717, 1.165) is 70.5 Å². The second kappa shape index (κ2) is 22.5. The summed E-state index contributed by atoms with van der Waals surface area (Å²) in [5, 5.41) is 39.1. The zero-order chi connectivity index (χ0) is 55.0. The molecule has 11 N–H and O–H groups in total. The first kappa shape index (κ1) is 55.5. The average molecular weight is 1120 g/mol. The van der Waals surface area contributed by atoms with E-state index in [0.29, 0.717) is 6.29 Å². The molecule has 0 amide bonds. The van der Waals surface area contributed by atoms with Gasteiger partial charge in [-0.05, 0) is 83.9 Å². The zero-order valence-corrected chi connectivity index (χ0v) is 40.6. The van der Waals surface area contributed by atoms with Crippen LogP contribution in [-0.4, -0.2) is 147 Å². The van der Waals surface area contributed by atoms with Crippen molar-refractivity contribution in [1.82, 2.24) is 29.9 Å². The molecule has 0 unspecified atom stereocenters. The van der Waals surface area contributed by atoms with E-state index in [9.17, 15) is 86.4 Å². The molecule has 0 saturated carbocycles. The Morgan fingerprint density at radius 3 is 1.05 bits per heavy atom. The normalized spacial score (nSPS) is 11.9. The van der Waals surface area contributed by atoms with Crippen molar-refractivity contribution in [2.45, 2.75) is 19.6 Å². The standard InChI is InChI=1S/C40H36N12O19S4/c53-16-15-51(19-32(54)55)39-47-35(41-24-7-11-28(12-8-24)72(60,61)62)45-37(48-39)43-26-5-3-22(30(17-26)74(66,67)68)1-2-23-4-6-27(18-31(23)75(69,70)71)44-38-46-36(42-25-9-13-29(14-10-25)73(63,64)65)49-40(50-38)52(20-33(56)57)21-34(58)59/h1-14,16-18H,15,19-21H2,(H,54,55)(H,56,57)(H,58,59)(H,60,61,62)(H,63,64,65)(H,66,67,68)(H,69,70,71)(H2,41,43,45,47,48)(H2,42,44,46,49,50). The Morgan fingerprint density at radius 2 is 0.747 bits per heavy atom. The van der Waals surface area contributed by atoms with E-state index < -0.39 is 134 Å². The van der Waals surface area contributed by atoms with E-state index in [2.05, 4.69) is 51.2 Å². The molecule has 394 valence electrons. The first-order valence-electron chi connectivity index (χ1n) is 20.3.